The van der Waals surface area contributed by atoms with E-state index in [9.17, 15) is 4.79 Å². The number of carbonyl (C=O) groups is 1. The quantitative estimate of drug-likeness (QED) is 0.679. The third-order valence-electron chi connectivity index (χ3n) is 2.24. The molecule has 0 aliphatic heterocycles. The van der Waals surface area contributed by atoms with Crippen molar-refractivity contribution in [2.24, 2.45) is 0 Å². The van der Waals surface area contributed by atoms with E-state index in [2.05, 4.69) is 4.98 Å². The van der Waals surface area contributed by atoms with E-state index in [4.69, 9.17) is 17.3 Å². The molecule has 0 radical (unpaired) electrons. The monoisotopic (exact) mass is 197 g/mol. The first kappa shape index (κ1) is 9.92. The van der Waals surface area contributed by atoms with Gasteiger partial charge in [0.25, 0.3) is 0 Å². The van der Waals surface area contributed by atoms with Gasteiger partial charge in [0.15, 0.2) is 0 Å². The van der Waals surface area contributed by atoms with E-state index in [1.165, 1.54) is 0 Å². The smallest absolute Gasteiger partial charge is 0.338 e. The minimum Gasteiger partial charge on any atom is -0.478 e. The fourth-order valence-electron chi connectivity index (χ4n) is 1.22. The largest absolute Gasteiger partial charge is 0.478 e. The zero-order valence-electron chi connectivity index (χ0n) is 7.76. The van der Waals surface area contributed by atoms with Crippen molar-refractivity contribution in [3.05, 3.63) is 27.0 Å². The van der Waals surface area contributed by atoms with Crippen molar-refractivity contribution < 1.29 is 9.90 Å². The van der Waals surface area contributed by atoms with Gasteiger partial charge in [0.1, 0.15) is 4.64 Å². The predicted octanol–water partition coefficient (Wildman–Crippen LogP) is 2.37. The summed E-state index contributed by atoms with van der Waals surface area (Å²) in [5, 5.41) is 8.88. The number of rotatable bonds is 1. The van der Waals surface area contributed by atoms with Crippen molar-refractivity contribution in [1.29, 1.82) is 0 Å². The minimum atomic E-state index is -0.971. The van der Waals surface area contributed by atoms with Gasteiger partial charge in [-0.05, 0) is 31.9 Å². The minimum absolute atomic E-state index is 0.207. The average Bonchev–Trinajstić information content (AvgIpc) is 1.99. The predicted molar refractivity (Wildman–Crippen MR) is 52.8 cm³/mol. The molecule has 0 spiro atoms. The topological polar surface area (TPSA) is 53.1 Å². The number of aromatic amines is 1. The summed E-state index contributed by atoms with van der Waals surface area (Å²) in [6, 6.07) is 0. The Morgan fingerprint density at radius 2 is 1.85 bits per heavy atom. The molecule has 3 nitrogen and oxygen atoms in total. The number of hydrogen-bond donors (Lipinski definition) is 2. The molecule has 0 aliphatic carbocycles. The van der Waals surface area contributed by atoms with Crippen LogP contribution in [0.5, 0.6) is 0 Å². The molecule has 0 aromatic carbocycles. The van der Waals surface area contributed by atoms with Gasteiger partial charge in [-0.3, -0.25) is 0 Å². The summed E-state index contributed by atoms with van der Waals surface area (Å²) in [6.07, 6.45) is 0. The van der Waals surface area contributed by atoms with Crippen molar-refractivity contribution in [1.82, 2.24) is 4.98 Å². The summed E-state index contributed by atoms with van der Waals surface area (Å²) in [7, 11) is 0. The molecule has 0 amide bonds. The number of carboxylic acid groups (broad SMARTS) is 1. The summed E-state index contributed by atoms with van der Waals surface area (Å²) in [5.74, 6) is -0.971. The van der Waals surface area contributed by atoms with Gasteiger partial charge in [0.2, 0.25) is 0 Å². The van der Waals surface area contributed by atoms with Crippen LogP contribution in [0.4, 0.5) is 0 Å². The average molecular weight is 197 g/mol. The van der Waals surface area contributed by atoms with E-state index in [0.29, 0.717) is 4.64 Å². The van der Waals surface area contributed by atoms with Crippen LogP contribution < -0.4 is 0 Å². The first-order valence-corrected chi connectivity index (χ1v) is 4.29. The lowest BCUT2D eigenvalue weighted by molar-refractivity contribution is 0.0695. The van der Waals surface area contributed by atoms with Crippen molar-refractivity contribution in [2.45, 2.75) is 20.8 Å². The molecular weight excluding hydrogens is 186 g/mol. The molecule has 0 unspecified atom stereocenters. The van der Waals surface area contributed by atoms with E-state index in [-0.39, 0.29) is 5.56 Å². The molecule has 1 aromatic rings. The van der Waals surface area contributed by atoms with E-state index < -0.39 is 5.97 Å². The molecule has 0 saturated carbocycles. The van der Waals surface area contributed by atoms with Crippen molar-refractivity contribution in [3.8, 4) is 0 Å². The molecule has 4 heteroatoms. The number of carboxylic acids is 1. The summed E-state index contributed by atoms with van der Waals surface area (Å²) in [6.45, 7) is 5.53. The third kappa shape index (κ3) is 1.62. The lowest BCUT2D eigenvalue weighted by Gasteiger charge is -2.07. The summed E-state index contributed by atoms with van der Waals surface area (Å²) in [5.41, 5.74) is 2.82. The molecule has 0 saturated heterocycles. The molecule has 1 rings (SSSR count). The Balaban J connectivity index is 3.63. The normalized spacial score (nSPS) is 10.1. The van der Waals surface area contributed by atoms with Gasteiger partial charge in [-0.15, -0.1) is 0 Å². The number of H-pyrrole nitrogens is 1. The van der Waals surface area contributed by atoms with Crippen LogP contribution in [0.2, 0.25) is 0 Å². The highest BCUT2D eigenvalue weighted by atomic mass is 32.1. The number of nitrogens with one attached hydrogen (secondary N) is 1. The van der Waals surface area contributed by atoms with Crippen molar-refractivity contribution in [2.75, 3.05) is 0 Å². The van der Waals surface area contributed by atoms with E-state index in [1.54, 1.807) is 6.92 Å². The van der Waals surface area contributed by atoms with Crippen LogP contribution in [0.25, 0.3) is 0 Å². The van der Waals surface area contributed by atoms with Crippen LogP contribution in [0.15, 0.2) is 0 Å². The Hall–Kier alpha value is -1.16. The van der Waals surface area contributed by atoms with Crippen molar-refractivity contribution >= 4 is 18.2 Å². The van der Waals surface area contributed by atoms with E-state index >= 15 is 0 Å². The highest BCUT2D eigenvalue weighted by molar-refractivity contribution is 7.71. The van der Waals surface area contributed by atoms with Crippen molar-refractivity contribution in [3.63, 3.8) is 0 Å². The first-order chi connectivity index (χ1) is 5.95. The van der Waals surface area contributed by atoms with Crippen LogP contribution in [-0.2, 0) is 0 Å². The van der Waals surface area contributed by atoms with Gasteiger partial charge in [0.05, 0.1) is 5.56 Å². The van der Waals surface area contributed by atoms with E-state index in [0.717, 1.165) is 16.8 Å². The van der Waals surface area contributed by atoms with Gasteiger partial charge in [-0.25, -0.2) is 4.79 Å². The highest BCUT2D eigenvalue weighted by Gasteiger charge is 2.12. The Morgan fingerprint density at radius 1 is 1.31 bits per heavy atom. The number of pyridine rings is 1. The molecule has 13 heavy (non-hydrogen) atoms. The van der Waals surface area contributed by atoms with Crippen LogP contribution in [-0.4, -0.2) is 16.1 Å². The molecule has 0 fully saturated rings. The number of aromatic nitrogens is 1. The van der Waals surface area contributed by atoms with Gasteiger partial charge < -0.3 is 10.1 Å². The third-order valence-corrected chi connectivity index (χ3v) is 2.55. The molecule has 1 aromatic heterocycles. The molecule has 0 aliphatic rings. The lowest BCUT2D eigenvalue weighted by Crippen LogP contribution is -2.06. The molecule has 0 atom stereocenters. The number of hydrogen-bond acceptors (Lipinski definition) is 2. The highest BCUT2D eigenvalue weighted by Crippen LogP contribution is 2.16. The molecule has 70 valence electrons. The molecule has 0 bridgehead atoms. The maximum atomic E-state index is 10.8. The fraction of sp³-hybridized carbons (Fsp3) is 0.333. The zero-order chi connectivity index (χ0) is 10.2. The fourth-order valence-corrected chi connectivity index (χ4v) is 1.62. The number of aryl methyl sites for hydroxylation is 1. The maximum absolute atomic E-state index is 10.8. The second kappa shape index (κ2) is 3.30. The summed E-state index contributed by atoms with van der Waals surface area (Å²) >= 11 is 4.93. The second-order valence-corrected chi connectivity index (χ2v) is 3.42. The Bertz CT molecular complexity index is 420. The lowest BCUT2D eigenvalue weighted by atomic mass is 10.0. The second-order valence-electron chi connectivity index (χ2n) is 3.01. The van der Waals surface area contributed by atoms with Gasteiger partial charge in [0, 0.05) is 5.69 Å². The SMILES string of the molecule is Cc1[nH]c(=S)c(C(=O)O)c(C)c1C. The van der Waals surface area contributed by atoms with Gasteiger partial charge >= 0.3 is 5.97 Å². The van der Waals surface area contributed by atoms with Gasteiger partial charge in [-0.2, -0.15) is 0 Å². The Labute approximate surface area is 81.4 Å². The standard InChI is InChI=1S/C9H11NO2S/c1-4-5(2)7(9(11)12)8(13)10-6(4)3/h1-3H3,(H,10,13)(H,11,12). The number of aromatic carboxylic acids is 1. The van der Waals surface area contributed by atoms with Crippen LogP contribution in [0.1, 0.15) is 27.2 Å². The Kier molecular flexibility index (Phi) is 2.52. The molecule has 1 heterocycles. The van der Waals surface area contributed by atoms with Crippen LogP contribution >= 0.6 is 12.2 Å². The summed E-state index contributed by atoms with van der Waals surface area (Å²) in [4.78, 5) is 13.7. The first-order valence-electron chi connectivity index (χ1n) is 3.88. The summed E-state index contributed by atoms with van der Waals surface area (Å²) < 4.78 is 0.299. The van der Waals surface area contributed by atoms with Crippen LogP contribution in [0.3, 0.4) is 0 Å². The van der Waals surface area contributed by atoms with E-state index in [1.807, 2.05) is 13.8 Å². The molecule has 2 N–H and O–H groups in total. The maximum Gasteiger partial charge on any atom is 0.338 e. The zero-order valence-corrected chi connectivity index (χ0v) is 8.58. The van der Waals surface area contributed by atoms with Gasteiger partial charge in [-0.1, -0.05) is 12.2 Å². The van der Waals surface area contributed by atoms with Crippen LogP contribution in [0, 0.1) is 25.4 Å². The Morgan fingerprint density at radius 3 is 2.31 bits per heavy atom. The molecular formula is C9H11NO2S.